The Balaban J connectivity index is 1.73. The summed E-state index contributed by atoms with van der Waals surface area (Å²) < 4.78 is 14.5. The van der Waals surface area contributed by atoms with Crippen LogP contribution in [0.1, 0.15) is 35.6 Å². The van der Waals surface area contributed by atoms with Crippen molar-refractivity contribution >= 4 is 34.6 Å². The maximum absolute atomic E-state index is 13.2. The molecule has 10 heteroatoms. The van der Waals surface area contributed by atoms with E-state index in [-0.39, 0.29) is 27.7 Å². The molecule has 0 aliphatic heterocycles. The van der Waals surface area contributed by atoms with Crippen molar-refractivity contribution in [3.63, 3.8) is 0 Å². The minimum Gasteiger partial charge on any atom is -0.267 e. The zero-order valence-electron chi connectivity index (χ0n) is 16.7. The van der Waals surface area contributed by atoms with Crippen LogP contribution in [0.15, 0.2) is 52.7 Å². The molecule has 0 N–H and O–H groups in total. The predicted molar refractivity (Wildman–Crippen MR) is 112 cm³/mol. The van der Waals surface area contributed by atoms with Crippen LogP contribution in [0.2, 0.25) is 5.02 Å². The quantitative estimate of drug-likeness (QED) is 0.289. The van der Waals surface area contributed by atoms with Crippen molar-refractivity contribution in [2.24, 2.45) is 15.6 Å². The van der Waals surface area contributed by atoms with Crippen LogP contribution in [-0.2, 0) is 12.8 Å². The average Bonchev–Trinajstić information content (AvgIpc) is 2.94. The highest BCUT2D eigenvalue weighted by atomic mass is 35.5. The Bertz CT molecular complexity index is 1230. The van der Waals surface area contributed by atoms with E-state index in [0.717, 1.165) is 0 Å². The van der Waals surface area contributed by atoms with Gasteiger partial charge in [0.2, 0.25) is 0 Å². The minimum absolute atomic E-state index is 0.0909. The van der Waals surface area contributed by atoms with Crippen LogP contribution in [0.4, 0.5) is 21.5 Å². The number of halogens is 2. The summed E-state index contributed by atoms with van der Waals surface area (Å²) in [5.74, 6) is -0.818. The van der Waals surface area contributed by atoms with Crippen molar-refractivity contribution in [2.75, 3.05) is 0 Å². The van der Waals surface area contributed by atoms with E-state index in [1.54, 1.807) is 0 Å². The summed E-state index contributed by atoms with van der Waals surface area (Å²) in [6.45, 7) is 4.13. The van der Waals surface area contributed by atoms with Gasteiger partial charge in [0.05, 0.1) is 21.3 Å². The van der Waals surface area contributed by atoms with Crippen LogP contribution in [0.5, 0.6) is 0 Å². The van der Waals surface area contributed by atoms with Crippen molar-refractivity contribution in [3.05, 3.63) is 80.4 Å². The number of hydrogen-bond acceptors (Lipinski definition) is 6. The molecule has 0 saturated heterocycles. The first-order chi connectivity index (χ1) is 14.6. The van der Waals surface area contributed by atoms with Gasteiger partial charge in [-0.25, -0.2) is 4.39 Å². The monoisotopic (exact) mass is 441 g/mol. The van der Waals surface area contributed by atoms with Crippen LogP contribution < -0.4 is 0 Å². The topological polar surface area (TPSA) is 103 Å². The molecule has 0 atom stereocenters. The van der Waals surface area contributed by atoms with Crippen LogP contribution in [0.3, 0.4) is 0 Å². The van der Waals surface area contributed by atoms with E-state index in [1.807, 2.05) is 0 Å². The Morgan fingerprint density at radius 3 is 2.55 bits per heavy atom. The molecule has 2 bridgehead atoms. The lowest BCUT2D eigenvalue weighted by molar-refractivity contribution is -0.384. The molecule has 0 radical (unpaired) electrons. The van der Waals surface area contributed by atoms with E-state index < -0.39 is 10.7 Å². The molecule has 31 heavy (non-hydrogen) atoms. The van der Waals surface area contributed by atoms with Crippen LogP contribution in [0.25, 0.3) is 0 Å². The van der Waals surface area contributed by atoms with Gasteiger partial charge in [-0.05, 0) is 48.6 Å². The number of hydrogen-bond donors (Lipinski definition) is 0. The first-order valence-electron chi connectivity index (χ1n) is 9.41. The second-order valence-electron chi connectivity index (χ2n) is 8.08. The maximum atomic E-state index is 13.2. The zero-order chi connectivity index (χ0) is 22.3. The van der Waals surface area contributed by atoms with Gasteiger partial charge in [0.1, 0.15) is 17.2 Å². The Morgan fingerprint density at radius 1 is 1.19 bits per heavy atom. The van der Waals surface area contributed by atoms with Gasteiger partial charge in [0.25, 0.3) is 11.6 Å². The lowest BCUT2D eigenvalue weighted by atomic mass is 9.79. The van der Waals surface area contributed by atoms with Crippen LogP contribution >= 0.6 is 11.6 Å². The summed E-state index contributed by atoms with van der Waals surface area (Å²) in [7, 11) is 0. The Morgan fingerprint density at radius 2 is 1.90 bits per heavy atom. The Kier molecular flexibility index (Phi) is 5.14. The lowest BCUT2D eigenvalue weighted by Crippen LogP contribution is -2.23. The van der Waals surface area contributed by atoms with E-state index in [0.29, 0.717) is 35.5 Å². The smallest absolute Gasteiger partial charge is 0.267 e. The molecule has 1 aliphatic rings. The molecule has 1 heterocycles. The molecule has 1 aromatic heterocycles. The van der Waals surface area contributed by atoms with Gasteiger partial charge < -0.3 is 0 Å². The van der Waals surface area contributed by atoms with E-state index in [4.69, 9.17) is 11.6 Å². The normalized spacial score (nSPS) is 14.7. The minimum atomic E-state index is -0.547. The van der Waals surface area contributed by atoms with Crippen LogP contribution in [0, 0.1) is 21.3 Å². The Labute approximate surface area is 181 Å². The molecule has 1 aliphatic carbocycles. The SMILES string of the molecule is CC1(C)Cc2nn(C(=O)c3ccc(F)cc3)c(c2N=Nc2ccc([N+](=O)[O-])cc2Cl)C1. The molecule has 0 saturated carbocycles. The van der Waals surface area contributed by atoms with Gasteiger partial charge >= 0.3 is 0 Å². The number of benzene rings is 2. The Hall–Kier alpha value is -3.46. The van der Waals surface area contributed by atoms with Crippen molar-refractivity contribution < 1.29 is 14.1 Å². The number of nitro benzene ring substituents is 1. The first-order valence-corrected chi connectivity index (χ1v) is 9.79. The second-order valence-corrected chi connectivity index (χ2v) is 8.48. The predicted octanol–water partition coefficient (Wildman–Crippen LogP) is 5.81. The van der Waals surface area contributed by atoms with Gasteiger partial charge in [-0.3, -0.25) is 14.9 Å². The summed E-state index contributed by atoms with van der Waals surface area (Å²) in [5, 5.41) is 23.8. The average molecular weight is 442 g/mol. The van der Waals surface area contributed by atoms with Crippen molar-refractivity contribution in [3.8, 4) is 0 Å². The number of carbonyl (C=O) groups is 1. The molecule has 3 aromatic rings. The number of azo groups is 1. The molecule has 158 valence electrons. The zero-order valence-corrected chi connectivity index (χ0v) is 17.4. The number of nitro groups is 1. The highest BCUT2D eigenvalue weighted by molar-refractivity contribution is 6.33. The van der Waals surface area contributed by atoms with Gasteiger partial charge in [0, 0.05) is 17.7 Å². The molecular formula is C21H17ClFN5O3. The van der Waals surface area contributed by atoms with Crippen molar-refractivity contribution in [2.45, 2.75) is 26.7 Å². The second kappa shape index (κ2) is 7.66. The van der Waals surface area contributed by atoms with E-state index in [1.165, 1.54) is 47.1 Å². The molecule has 0 fully saturated rings. The van der Waals surface area contributed by atoms with Gasteiger partial charge in [-0.2, -0.15) is 9.78 Å². The lowest BCUT2D eigenvalue weighted by Gasteiger charge is -2.26. The maximum Gasteiger partial charge on any atom is 0.278 e. The number of carbonyl (C=O) groups excluding carboxylic acids is 1. The third-order valence-electron chi connectivity index (χ3n) is 5.00. The fourth-order valence-corrected chi connectivity index (χ4v) is 3.75. The molecule has 4 rings (SSSR count). The highest BCUT2D eigenvalue weighted by Gasteiger charge is 2.35. The summed E-state index contributed by atoms with van der Waals surface area (Å²) >= 11 is 6.10. The number of fused-ring (bicyclic) bond motifs is 2. The van der Waals surface area contributed by atoms with Gasteiger partial charge in [-0.15, -0.1) is 10.2 Å². The van der Waals surface area contributed by atoms with Crippen LogP contribution in [-0.4, -0.2) is 20.6 Å². The fraction of sp³-hybridized carbons (Fsp3) is 0.238. The third-order valence-corrected chi connectivity index (χ3v) is 5.30. The fourth-order valence-electron chi connectivity index (χ4n) is 3.53. The largest absolute Gasteiger partial charge is 0.278 e. The summed E-state index contributed by atoms with van der Waals surface area (Å²) in [5.41, 5.74) is 1.98. The highest BCUT2D eigenvalue weighted by Crippen LogP contribution is 2.42. The van der Waals surface area contributed by atoms with Crippen molar-refractivity contribution in [1.82, 2.24) is 9.78 Å². The van der Waals surface area contributed by atoms with Gasteiger partial charge in [-0.1, -0.05) is 25.4 Å². The summed E-state index contributed by atoms with van der Waals surface area (Å²) in [6, 6.07) is 9.16. The molecule has 0 unspecified atom stereocenters. The van der Waals surface area contributed by atoms with E-state index in [9.17, 15) is 19.3 Å². The van der Waals surface area contributed by atoms with E-state index >= 15 is 0 Å². The molecule has 0 spiro atoms. The molecule has 8 nitrogen and oxygen atoms in total. The van der Waals surface area contributed by atoms with Gasteiger partial charge in [0.15, 0.2) is 0 Å². The summed E-state index contributed by atoms with van der Waals surface area (Å²) in [4.78, 5) is 23.3. The molecule has 2 aromatic carbocycles. The van der Waals surface area contributed by atoms with Crippen molar-refractivity contribution in [1.29, 1.82) is 0 Å². The number of non-ortho nitro benzene ring substituents is 1. The first kappa shape index (κ1) is 20.8. The third kappa shape index (κ3) is 4.09. The molecule has 0 amide bonds. The molecular weight excluding hydrogens is 425 g/mol. The standard InChI is InChI=1S/C21H17ClFN5O3/c1-21(2)10-17-19(25-24-16-8-7-14(28(30)31)9-15(16)22)18(11-21)27(26-17)20(29)12-3-5-13(23)6-4-12/h3-9H,10-11H2,1-2H3. The number of rotatable bonds is 4. The number of nitrogens with zero attached hydrogens (tertiary/aromatic N) is 5. The summed E-state index contributed by atoms with van der Waals surface area (Å²) in [6.07, 6.45) is 1.13. The van der Waals surface area contributed by atoms with E-state index in [2.05, 4.69) is 29.2 Å². The number of aromatic nitrogens is 2.